The summed E-state index contributed by atoms with van der Waals surface area (Å²) in [4.78, 5) is 0. The zero-order valence-corrected chi connectivity index (χ0v) is 31.8. The van der Waals surface area contributed by atoms with Crippen LogP contribution >= 0.6 is 0 Å². The second-order valence-corrected chi connectivity index (χ2v) is 4.63. The molecule has 2 rings (SSSR count). The Kier molecular flexibility index (Phi) is 23.0. The van der Waals surface area contributed by atoms with Crippen LogP contribution in [0.1, 0.15) is 5.56 Å². The van der Waals surface area contributed by atoms with Crippen molar-refractivity contribution in [1.82, 2.24) is 0 Å². The fraction of sp³-hybridized carbons (Fsp3) is 0.538. The van der Waals surface area contributed by atoms with E-state index in [9.17, 15) is 15.3 Å². The molecule has 118 valence electrons. The first-order valence-corrected chi connectivity index (χ1v) is 6.07. The summed E-state index contributed by atoms with van der Waals surface area (Å²) in [6.45, 7) is 1.45. The maximum absolute atomic E-state index is 9.80. The maximum Gasteiger partial charge on any atom is 0.229 e. The van der Waals surface area contributed by atoms with Gasteiger partial charge in [-0.2, -0.15) is 0 Å². The van der Waals surface area contributed by atoms with Crippen LogP contribution in [-0.2, 0) is 4.74 Å². The standard InChI is InChI=1S/C13H18O6.4Ac/c1-7-2-4-8(5-3-7)18-13-12(17)11(16)10(15)9(6-14)19-13;;;;/h2-5,9-17H,6H2,1H3;;;;/t9-,10?,11?,12?,13?;;;;/m1..../s1. The predicted molar refractivity (Wildman–Crippen MR) is 65.6 cm³/mol. The number of hydrogen-bond acceptors (Lipinski definition) is 6. The van der Waals surface area contributed by atoms with Crippen LogP contribution in [0.25, 0.3) is 0 Å². The third-order valence-electron chi connectivity index (χ3n) is 3.12. The van der Waals surface area contributed by atoms with E-state index in [0.717, 1.165) is 5.56 Å². The van der Waals surface area contributed by atoms with Crippen molar-refractivity contribution in [3.05, 3.63) is 29.8 Å². The minimum Gasteiger partial charge on any atom is -0.462 e. The van der Waals surface area contributed by atoms with E-state index in [1.165, 1.54) is 0 Å². The van der Waals surface area contributed by atoms with Gasteiger partial charge < -0.3 is 29.9 Å². The fourth-order valence-corrected chi connectivity index (χ4v) is 1.92. The Morgan fingerprint density at radius 3 is 1.91 bits per heavy atom. The molecule has 4 N–H and O–H groups in total. The Bertz CT molecular complexity index is 419. The third-order valence-corrected chi connectivity index (χ3v) is 3.12. The number of benzene rings is 1. The molecule has 1 saturated heterocycles. The molecule has 0 aliphatic carbocycles. The minimum atomic E-state index is -1.43. The van der Waals surface area contributed by atoms with Crippen molar-refractivity contribution in [1.29, 1.82) is 0 Å². The molecule has 0 bridgehead atoms. The molecule has 4 radical (unpaired) electrons. The molecular weight excluding hydrogens is 1160 g/mol. The molecule has 1 aromatic rings. The molecule has 1 aliphatic heterocycles. The van der Waals surface area contributed by atoms with Crippen molar-refractivity contribution in [3.63, 3.8) is 0 Å². The summed E-state index contributed by atoms with van der Waals surface area (Å²) in [6, 6.07) is 7.08. The molecule has 1 aliphatic rings. The fourth-order valence-electron chi connectivity index (χ4n) is 1.92. The van der Waals surface area contributed by atoms with Gasteiger partial charge in [0.2, 0.25) is 6.29 Å². The number of ether oxygens (including phenoxy) is 2. The van der Waals surface area contributed by atoms with Gasteiger partial charge in [-0.25, -0.2) is 0 Å². The summed E-state index contributed by atoms with van der Waals surface area (Å²) in [5.74, 6) is 0.468. The van der Waals surface area contributed by atoms with Crippen molar-refractivity contribution < 1.29 is 206 Å². The molecule has 0 saturated carbocycles. The molecule has 1 fully saturated rings. The zero-order valence-electron chi connectivity index (χ0n) is 12.8. The second-order valence-electron chi connectivity index (χ2n) is 4.63. The number of aliphatic hydroxyl groups is 4. The monoisotopic (exact) mass is 1180 g/mol. The second kappa shape index (κ2) is 16.4. The van der Waals surface area contributed by atoms with Gasteiger partial charge >= 0.3 is 0 Å². The summed E-state index contributed by atoms with van der Waals surface area (Å²) in [5, 5.41) is 38.1. The first-order valence-electron chi connectivity index (χ1n) is 6.07. The van der Waals surface area contributed by atoms with Gasteiger partial charge in [0.05, 0.1) is 6.61 Å². The van der Waals surface area contributed by atoms with Crippen molar-refractivity contribution in [2.45, 2.75) is 37.6 Å². The van der Waals surface area contributed by atoms with Gasteiger partial charge in [-0.1, -0.05) is 17.7 Å². The van der Waals surface area contributed by atoms with Crippen LogP contribution in [0.15, 0.2) is 24.3 Å². The van der Waals surface area contributed by atoms with Gasteiger partial charge in [0, 0.05) is 176 Å². The zero-order chi connectivity index (χ0) is 14.0. The normalized spacial score (nSPS) is 29.0. The number of hydrogen-bond donors (Lipinski definition) is 4. The van der Waals surface area contributed by atoms with E-state index < -0.39 is 37.3 Å². The Labute approximate surface area is 279 Å². The van der Waals surface area contributed by atoms with Gasteiger partial charge in [0.15, 0.2) is 0 Å². The number of rotatable bonds is 3. The molecule has 0 amide bonds. The average Bonchev–Trinajstić information content (AvgIpc) is 2.42. The van der Waals surface area contributed by atoms with E-state index in [-0.39, 0.29) is 176 Å². The van der Waals surface area contributed by atoms with Gasteiger partial charge in [0.1, 0.15) is 30.2 Å². The van der Waals surface area contributed by atoms with Crippen LogP contribution in [0.5, 0.6) is 5.75 Å². The van der Waals surface area contributed by atoms with E-state index in [1.807, 2.05) is 19.1 Å². The van der Waals surface area contributed by atoms with Gasteiger partial charge in [-0.3, -0.25) is 0 Å². The number of aliphatic hydroxyl groups excluding tert-OH is 4. The largest absolute Gasteiger partial charge is 0.462 e. The van der Waals surface area contributed by atoms with Gasteiger partial charge in [-0.15, -0.1) is 0 Å². The quantitative estimate of drug-likeness (QED) is 0.316. The topological polar surface area (TPSA) is 99.4 Å². The van der Waals surface area contributed by atoms with E-state index in [4.69, 9.17) is 14.6 Å². The third kappa shape index (κ3) is 9.76. The summed E-state index contributed by atoms with van der Waals surface area (Å²) >= 11 is 0. The molecule has 4 unspecified atom stereocenters. The van der Waals surface area contributed by atoms with Crippen LogP contribution in [0, 0.1) is 183 Å². The molecule has 0 aromatic heterocycles. The van der Waals surface area contributed by atoms with Crippen molar-refractivity contribution >= 4 is 0 Å². The molecule has 5 atom stereocenters. The van der Waals surface area contributed by atoms with E-state index in [0.29, 0.717) is 5.75 Å². The summed E-state index contributed by atoms with van der Waals surface area (Å²) in [5.41, 5.74) is 1.06. The Morgan fingerprint density at radius 2 is 1.43 bits per heavy atom. The molecule has 10 heteroatoms. The van der Waals surface area contributed by atoms with Crippen LogP contribution in [0.3, 0.4) is 0 Å². The SMILES string of the molecule is Cc1ccc(OC2O[C@H](CO)C(O)C(O)C2O)cc1.[Ac].[Ac].[Ac].[Ac]. The summed E-state index contributed by atoms with van der Waals surface area (Å²) < 4.78 is 10.7. The first-order chi connectivity index (χ1) is 9.02. The molecule has 6 nitrogen and oxygen atoms in total. The first kappa shape index (κ1) is 32.3. The smallest absolute Gasteiger partial charge is 0.229 e. The average molecular weight is 1180 g/mol. The van der Waals surface area contributed by atoms with Crippen LogP contribution in [0.4, 0.5) is 0 Å². The van der Waals surface area contributed by atoms with E-state index >= 15 is 0 Å². The van der Waals surface area contributed by atoms with Gasteiger partial charge in [-0.05, 0) is 19.1 Å². The Balaban J connectivity index is -0.000001000. The summed E-state index contributed by atoms with van der Waals surface area (Å²) in [7, 11) is 0. The predicted octanol–water partition coefficient (Wildman–Crippen LogP) is -0.826. The van der Waals surface area contributed by atoms with Crippen LogP contribution in [0.2, 0.25) is 0 Å². The van der Waals surface area contributed by atoms with Crippen molar-refractivity contribution in [2.24, 2.45) is 0 Å². The van der Waals surface area contributed by atoms with Crippen molar-refractivity contribution in [2.75, 3.05) is 6.61 Å². The van der Waals surface area contributed by atoms with Crippen molar-refractivity contribution in [3.8, 4) is 5.75 Å². The molecule has 1 aromatic carbocycles. The Hall–Kier alpha value is 4.59. The maximum atomic E-state index is 9.80. The van der Waals surface area contributed by atoms with Gasteiger partial charge in [0.25, 0.3) is 0 Å². The van der Waals surface area contributed by atoms with Crippen LogP contribution < -0.4 is 4.74 Å². The Morgan fingerprint density at radius 1 is 0.913 bits per heavy atom. The van der Waals surface area contributed by atoms with Crippen LogP contribution in [-0.4, -0.2) is 57.7 Å². The molecular formula is C13H18Ac4O6. The van der Waals surface area contributed by atoms with E-state index in [2.05, 4.69) is 0 Å². The number of aryl methyl sites for hydroxylation is 1. The molecule has 1 heterocycles. The minimum absolute atomic E-state index is 0. The van der Waals surface area contributed by atoms with E-state index in [1.54, 1.807) is 12.1 Å². The molecule has 0 spiro atoms. The summed E-state index contributed by atoms with van der Waals surface area (Å²) in [6.07, 6.45) is -6.30. The molecule has 23 heavy (non-hydrogen) atoms.